The summed E-state index contributed by atoms with van der Waals surface area (Å²) >= 11 is 5.64. The maximum atomic E-state index is 13.2. The molecule has 0 bridgehead atoms. The quantitative estimate of drug-likeness (QED) is 0.604. The molecule has 0 saturated heterocycles. The van der Waals surface area contributed by atoms with Crippen LogP contribution in [0.1, 0.15) is 23.2 Å². The summed E-state index contributed by atoms with van der Waals surface area (Å²) < 4.78 is 17.6. The van der Waals surface area contributed by atoms with E-state index in [-0.39, 0.29) is 23.4 Å². The smallest absolute Gasteiger partial charge is 0.305 e. The maximum absolute atomic E-state index is 13.2. The van der Waals surface area contributed by atoms with Crippen molar-refractivity contribution in [2.45, 2.75) is 12.8 Å². The molecule has 0 N–H and O–H groups in total. The van der Waals surface area contributed by atoms with Gasteiger partial charge in [-0.3, -0.25) is 9.59 Å². The Morgan fingerprint density at radius 3 is 2.69 bits per heavy atom. The van der Waals surface area contributed by atoms with Crippen LogP contribution in [0.5, 0.6) is 0 Å². The van der Waals surface area contributed by atoms with E-state index in [1.54, 1.807) is 0 Å². The third-order valence-corrected chi connectivity index (χ3v) is 2.25. The normalized spacial score (nSPS) is 9.94. The van der Waals surface area contributed by atoms with Gasteiger partial charge in [-0.2, -0.15) is 0 Å². The van der Waals surface area contributed by atoms with Gasteiger partial charge in [0, 0.05) is 11.4 Å². The summed E-state index contributed by atoms with van der Waals surface area (Å²) in [5.74, 6) is -1.61. The maximum Gasteiger partial charge on any atom is 0.305 e. The molecule has 1 rings (SSSR count). The standard InChI is InChI=1S/C11H10ClFO3/c1-16-11(15)5-4-10(14)8-6-7(12)2-3-9(8)13/h2-3,6H,4-5H2,1H3. The predicted octanol–water partition coefficient (Wildman–Crippen LogP) is 2.62. The van der Waals surface area contributed by atoms with Crippen molar-refractivity contribution in [2.24, 2.45) is 0 Å². The van der Waals surface area contributed by atoms with E-state index in [2.05, 4.69) is 4.74 Å². The Morgan fingerprint density at radius 1 is 1.38 bits per heavy atom. The summed E-state index contributed by atoms with van der Waals surface area (Å²) in [6, 6.07) is 3.72. The van der Waals surface area contributed by atoms with Crippen molar-refractivity contribution in [1.29, 1.82) is 0 Å². The molecule has 0 spiro atoms. The molecule has 3 nitrogen and oxygen atoms in total. The highest BCUT2D eigenvalue weighted by molar-refractivity contribution is 6.31. The van der Waals surface area contributed by atoms with E-state index < -0.39 is 17.6 Å². The third-order valence-electron chi connectivity index (χ3n) is 2.01. The molecule has 0 unspecified atom stereocenters. The zero-order valence-electron chi connectivity index (χ0n) is 8.63. The van der Waals surface area contributed by atoms with Crippen molar-refractivity contribution < 1.29 is 18.7 Å². The fourth-order valence-electron chi connectivity index (χ4n) is 1.16. The minimum absolute atomic E-state index is 0.0682. The van der Waals surface area contributed by atoms with Crippen LogP contribution in [-0.4, -0.2) is 18.9 Å². The van der Waals surface area contributed by atoms with Gasteiger partial charge in [-0.15, -0.1) is 0 Å². The molecule has 0 radical (unpaired) electrons. The lowest BCUT2D eigenvalue weighted by Gasteiger charge is -2.02. The molecule has 0 fully saturated rings. The van der Waals surface area contributed by atoms with Gasteiger partial charge in [-0.05, 0) is 18.2 Å². The first-order chi connectivity index (χ1) is 7.54. The van der Waals surface area contributed by atoms with Gasteiger partial charge in [0.25, 0.3) is 0 Å². The monoisotopic (exact) mass is 244 g/mol. The van der Waals surface area contributed by atoms with Gasteiger partial charge in [0.15, 0.2) is 5.78 Å². The molecule has 0 aliphatic rings. The van der Waals surface area contributed by atoms with E-state index in [1.165, 1.54) is 19.2 Å². The molecule has 16 heavy (non-hydrogen) atoms. The Morgan fingerprint density at radius 2 is 2.06 bits per heavy atom. The molecule has 0 atom stereocenters. The largest absolute Gasteiger partial charge is 0.469 e. The number of carbonyl (C=O) groups excluding carboxylic acids is 2. The molecule has 0 saturated carbocycles. The summed E-state index contributed by atoms with van der Waals surface area (Å²) in [5.41, 5.74) is -0.101. The summed E-state index contributed by atoms with van der Waals surface area (Å²) in [7, 11) is 1.23. The lowest BCUT2D eigenvalue weighted by molar-refractivity contribution is -0.140. The van der Waals surface area contributed by atoms with Gasteiger partial charge in [-0.25, -0.2) is 4.39 Å². The Bertz CT molecular complexity index is 418. The van der Waals surface area contributed by atoms with Crippen molar-refractivity contribution in [1.82, 2.24) is 0 Å². The topological polar surface area (TPSA) is 43.4 Å². The van der Waals surface area contributed by atoms with Gasteiger partial charge in [0.05, 0.1) is 19.1 Å². The van der Waals surface area contributed by atoms with Crippen LogP contribution in [0, 0.1) is 5.82 Å². The minimum Gasteiger partial charge on any atom is -0.469 e. The zero-order chi connectivity index (χ0) is 12.1. The summed E-state index contributed by atoms with van der Waals surface area (Å²) in [6.45, 7) is 0. The fraction of sp³-hybridized carbons (Fsp3) is 0.273. The van der Waals surface area contributed by atoms with Crippen molar-refractivity contribution in [3.05, 3.63) is 34.6 Å². The van der Waals surface area contributed by atoms with Crippen molar-refractivity contribution >= 4 is 23.4 Å². The first kappa shape index (κ1) is 12.6. The van der Waals surface area contributed by atoms with Crippen LogP contribution in [0.25, 0.3) is 0 Å². The van der Waals surface area contributed by atoms with Gasteiger partial charge >= 0.3 is 5.97 Å². The number of esters is 1. The number of ether oxygens (including phenoxy) is 1. The van der Waals surface area contributed by atoms with E-state index in [0.717, 1.165) is 6.07 Å². The number of carbonyl (C=O) groups is 2. The second kappa shape index (κ2) is 5.61. The molecule has 5 heteroatoms. The van der Waals surface area contributed by atoms with Crippen molar-refractivity contribution in [3.8, 4) is 0 Å². The Labute approximate surface area is 97.2 Å². The van der Waals surface area contributed by atoms with Crippen molar-refractivity contribution in [3.63, 3.8) is 0 Å². The molecule has 0 aliphatic carbocycles. The number of hydrogen-bond donors (Lipinski definition) is 0. The molecule has 0 amide bonds. The first-order valence-electron chi connectivity index (χ1n) is 4.59. The summed E-state index contributed by atoms with van der Waals surface area (Å²) in [6.07, 6.45) is -0.161. The van der Waals surface area contributed by atoms with Gasteiger partial charge < -0.3 is 4.74 Å². The summed E-state index contributed by atoms with van der Waals surface area (Å²) in [5, 5.41) is 0.280. The molecule has 0 aliphatic heterocycles. The van der Waals surface area contributed by atoms with Crippen LogP contribution in [0.15, 0.2) is 18.2 Å². The van der Waals surface area contributed by atoms with Crippen LogP contribution < -0.4 is 0 Å². The van der Waals surface area contributed by atoms with Gasteiger partial charge in [0.2, 0.25) is 0 Å². The lowest BCUT2D eigenvalue weighted by Crippen LogP contribution is -2.07. The minimum atomic E-state index is -0.640. The number of ketones is 1. The SMILES string of the molecule is COC(=O)CCC(=O)c1cc(Cl)ccc1F. The molecule has 86 valence electrons. The molecular weight excluding hydrogens is 235 g/mol. The van der Waals surface area contributed by atoms with E-state index in [9.17, 15) is 14.0 Å². The first-order valence-corrected chi connectivity index (χ1v) is 4.97. The number of halogens is 2. The van der Waals surface area contributed by atoms with E-state index in [1.807, 2.05) is 0 Å². The highest BCUT2D eigenvalue weighted by atomic mass is 35.5. The van der Waals surface area contributed by atoms with Gasteiger partial charge in [0.1, 0.15) is 5.82 Å². The zero-order valence-corrected chi connectivity index (χ0v) is 9.38. The van der Waals surface area contributed by atoms with Crippen LogP contribution in [0.3, 0.4) is 0 Å². The fourth-order valence-corrected chi connectivity index (χ4v) is 1.34. The van der Waals surface area contributed by atoms with Crippen LogP contribution in [-0.2, 0) is 9.53 Å². The Kier molecular flexibility index (Phi) is 4.43. The Balaban J connectivity index is 2.73. The molecule has 0 aromatic heterocycles. The van der Waals surface area contributed by atoms with E-state index in [4.69, 9.17) is 11.6 Å². The van der Waals surface area contributed by atoms with Crippen molar-refractivity contribution in [2.75, 3.05) is 7.11 Å². The molecule has 1 aromatic rings. The number of hydrogen-bond acceptors (Lipinski definition) is 3. The third kappa shape index (κ3) is 3.31. The molecule has 1 aromatic carbocycles. The second-order valence-electron chi connectivity index (χ2n) is 3.12. The highest BCUT2D eigenvalue weighted by Gasteiger charge is 2.14. The van der Waals surface area contributed by atoms with E-state index in [0.29, 0.717) is 0 Å². The average molecular weight is 245 g/mol. The average Bonchev–Trinajstić information content (AvgIpc) is 2.28. The predicted molar refractivity (Wildman–Crippen MR) is 57.0 cm³/mol. The number of methoxy groups -OCH3 is 1. The molecule has 0 heterocycles. The van der Waals surface area contributed by atoms with Gasteiger partial charge in [-0.1, -0.05) is 11.6 Å². The van der Waals surface area contributed by atoms with Crippen LogP contribution in [0.2, 0.25) is 5.02 Å². The highest BCUT2D eigenvalue weighted by Crippen LogP contribution is 2.17. The number of Topliss-reactive ketones (excluding diaryl/α,β-unsaturated/α-hetero) is 1. The second-order valence-corrected chi connectivity index (χ2v) is 3.56. The number of benzene rings is 1. The van der Waals surface area contributed by atoms with Crippen LogP contribution >= 0.6 is 11.6 Å². The van der Waals surface area contributed by atoms with Crippen LogP contribution in [0.4, 0.5) is 4.39 Å². The Hall–Kier alpha value is -1.42. The lowest BCUT2D eigenvalue weighted by atomic mass is 10.1. The number of rotatable bonds is 4. The molecular formula is C11H10ClFO3. The van der Waals surface area contributed by atoms with E-state index >= 15 is 0 Å². The summed E-state index contributed by atoms with van der Waals surface area (Å²) in [4.78, 5) is 22.3.